The average Bonchev–Trinajstić information content (AvgIpc) is 2.91. The van der Waals surface area contributed by atoms with Crippen LogP contribution in [0.4, 0.5) is 0 Å². The molecule has 0 radical (unpaired) electrons. The van der Waals surface area contributed by atoms with Crippen LogP contribution < -0.4 is 5.32 Å². The minimum Gasteiger partial charge on any atom is -0.345 e. The Morgan fingerprint density at radius 3 is 2.78 bits per heavy atom. The summed E-state index contributed by atoms with van der Waals surface area (Å²) in [5.74, 6) is 1.27. The van der Waals surface area contributed by atoms with Gasteiger partial charge in [0.1, 0.15) is 6.04 Å². The maximum atomic E-state index is 12.1. The highest BCUT2D eigenvalue weighted by Crippen LogP contribution is 2.15. The van der Waals surface area contributed by atoms with Crippen molar-refractivity contribution in [2.45, 2.75) is 64.8 Å². The van der Waals surface area contributed by atoms with Crippen molar-refractivity contribution in [1.82, 2.24) is 20.4 Å². The Kier molecular flexibility index (Phi) is 6.12. The van der Waals surface area contributed by atoms with Crippen LogP contribution in [-0.4, -0.2) is 39.9 Å². The summed E-state index contributed by atoms with van der Waals surface area (Å²) in [5.41, 5.74) is 0. The van der Waals surface area contributed by atoms with Crippen LogP contribution in [0.1, 0.15) is 76.6 Å². The zero-order valence-electron chi connectivity index (χ0n) is 14.2. The van der Waals surface area contributed by atoms with Crippen LogP contribution in [0, 0.1) is 0 Å². The van der Waals surface area contributed by atoms with Gasteiger partial charge in [-0.1, -0.05) is 25.4 Å². The first-order valence-corrected chi connectivity index (χ1v) is 8.38. The number of carbonyl (C=O) groups excluding carboxylic acids is 2. The fourth-order valence-corrected chi connectivity index (χ4v) is 2.54. The van der Waals surface area contributed by atoms with Crippen molar-refractivity contribution in [3.05, 3.63) is 11.7 Å². The molecule has 0 spiro atoms. The third-order valence-corrected chi connectivity index (χ3v) is 4.00. The second kappa shape index (κ2) is 8.08. The topological polar surface area (TPSA) is 88.3 Å². The van der Waals surface area contributed by atoms with Gasteiger partial charge in [0.2, 0.25) is 17.7 Å². The Labute approximate surface area is 136 Å². The molecule has 2 heterocycles. The average molecular weight is 322 g/mol. The number of aromatic nitrogens is 2. The van der Waals surface area contributed by atoms with E-state index in [1.807, 2.05) is 20.8 Å². The molecule has 7 nitrogen and oxygen atoms in total. The second-order valence-electron chi connectivity index (χ2n) is 6.38. The van der Waals surface area contributed by atoms with Gasteiger partial charge in [-0.25, -0.2) is 0 Å². The van der Waals surface area contributed by atoms with Gasteiger partial charge in [-0.2, -0.15) is 4.98 Å². The zero-order chi connectivity index (χ0) is 16.8. The molecule has 1 aromatic rings. The standard InChI is InChI=1S/C16H26N4O3/c1-11(2)15-18-16(23-19-15)12(3)17-13(21)8-10-20-9-6-4-5-7-14(20)22/h11-12H,4-10H2,1-3H3,(H,17,21)/t12-/m0/s1. The van der Waals surface area contributed by atoms with E-state index in [1.54, 1.807) is 4.90 Å². The van der Waals surface area contributed by atoms with Crippen molar-refractivity contribution < 1.29 is 14.1 Å². The Morgan fingerprint density at radius 1 is 1.30 bits per heavy atom. The van der Waals surface area contributed by atoms with Gasteiger partial charge in [0.25, 0.3) is 0 Å². The molecule has 0 unspecified atom stereocenters. The lowest BCUT2D eigenvalue weighted by molar-refractivity contribution is -0.131. The van der Waals surface area contributed by atoms with E-state index < -0.39 is 0 Å². The Balaban J connectivity index is 1.80. The molecule has 1 N–H and O–H groups in total. The zero-order valence-corrected chi connectivity index (χ0v) is 14.2. The van der Waals surface area contributed by atoms with Gasteiger partial charge in [0.15, 0.2) is 5.82 Å². The molecular formula is C16H26N4O3. The molecule has 1 fully saturated rings. The molecule has 7 heteroatoms. The largest absolute Gasteiger partial charge is 0.345 e. The first-order chi connectivity index (χ1) is 11.0. The van der Waals surface area contributed by atoms with Crippen molar-refractivity contribution in [3.63, 3.8) is 0 Å². The number of rotatable bonds is 6. The van der Waals surface area contributed by atoms with E-state index in [0.29, 0.717) is 31.1 Å². The maximum Gasteiger partial charge on any atom is 0.248 e. The van der Waals surface area contributed by atoms with Crippen LogP contribution in [-0.2, 0) is 9.59 Å². The summed E-state index contributed by atoms with van der Waals surface area (Å²) in [6, 6.07) is -0.331. The minimum absolute atomic E-state index is 0.112. The summed E-state index contributed by atoms with van der Waals surface area (Å²) in [6.07, 6.45) is 3.94. The highest BCUT2D eigenvalue weighted by Gasteiger charge is 2.20. The molecular weight excluding hydrogens is 296 g/mol. The molecule has 1 aliphatic rings. The van der Waals surface area contributed by atoms with Gasteiger partial charge in [-0.15, -0.1) is 0 Å². The highest BCUT2D eigenvalue weighted by atomic mass is 16.5. The molecule has 1 aliphatic heterocycles. The number of carbonyl (C=O) groups is 2. The van der Waals surface area contributed by atoms with Gasteiger partial charge >= 0.3 is 0 Å². The molecule has 0 bridgehead atoms. The summed E-state index contributed by atoms with van der Waals surface area (Å²) >= 11 is 0. The molecule has 128 valence electrons. The van der Waals surface area contributed by atoms with Crippen LogP contribution in [0.2, 0.25) is 0 Å². The number of nitrogens with zero attached hydrogens (tertiary/aromatic N) is 3. The summed E-state index contributed by atoms with van der Waals surface area (Å²) in [5, 5.41) is 6.74. The summed E-state index contributed by atoms with van der Waals surface area (Å²) in [6.45, 7) is 7.00. The quantitative estimate of drug-likeness (QED) is 0.867. The van der Waals surface area contributed by atoms with E-state index in [-0.39, 0.29) is 23.8 Å². The number of hydrogen-bond acceptors (Lipinski definition) is 5. The number of hydrogen-bond donors (Lipinski definition) is 1. The van der Waals surface area contributed by atoms with E-state index in [4.69, 9.17) is 4.52 Å². The fraction of sp³-hybridized carbons (Fsp3) is 0.750. The van der Waals surface area contributed by atoms with Gasteiger partial charge in [-0.05, 0) is 19.8 Å². The highest BCUT2D eigenvalue weighted by molar-refractivity contribution is 5.79. The SMILES string of the molecule is CC(C)c1noc([C@H](C)NC(=O)CCN2CCCCCC2=O)n1. The van der Waals surface area contributed by atoms with E-state index in [1.165, 1.54) is 0 Å². The van der Waals surface area contributed by atoms with Crippen LogP contribution in [0.25, 0.3) is 0 Å². The second-order valence-corrected chi connectivity index (χ2v) is 6.38. The Bertz CT molecular complexity index is 541. The van der Waals surface area contributed by atoms with Gasteiger partial charge in [-0.3, -0.25) is 9.59 Å². The van der Waals surface area contributed by atoms with Crippen molar-refractivity contribution in [2.24, 2.45) is 0 Å². The molecule has 23 heavy (non-hydrogen) atoms. The Morgan fingerprint density at radius 2 is 2.09 bits per heavy atom. The van der Waals surface area contributed by atoms with E-state index in [0.717, 1.165) is 25.8 Å². The van der Waals surface area contributed by atoms with Crippen LogP contribution in [0.5, 0.6) is 0 Å². The lowest BCUT2D eigenvalue weighted by Crippen LogP contribution is -2.35. The third-order valence-electron chi connectivity index (χ3n) is 4.00. The molecule has 1 saturated heterocycles. The van der Waals surface area contributed by atoms with Crippen LogP contribution >= 0.6 is 0 Å². The summed E-state index contributed by atoms with van der Waals surface area (Å²) < 4.78 is 5.18. The van der Waals surface area contributed by atoms with Crippen molar-refractivity contribution in [3.8, 4) is 0 Å². The lowest BCUT2D eigenvalue weighted by atomic mass is 10.2. The van der Waals surface area contributed by atoms with E-state index in [2.05, 4.69) is 15.5 Å². The monoisotopic (exact) mass is 322 g/mol. The van der Waals surface area contributed by atoms with Gasteiger partial charge in [0.05, 0.1) is 0 Å². The van der Waals surface area contributed by atoms with Gasteiger partial charge < -0.3 is 14.7 Å². The van der Waals surface area contributed by atoms with E-state index in [9.17, 15) is 9.59 Å². The number of likely N-dealkylation sites (tertiary alicyclic amines) is 1. The predicted octanol–water partition coefficient (Wildman–Crippen LogP) is 2.16. The fourth-order valence-electron chi connectivity index (χ4n) is 2.54. The lowest BCUT2D eigenvalue weighted by Gasteiger charge is -2.20. The Hall–Kier alpha value is -1.92. The number of nitrogens with one attached hydrogen (secondary N) is 1. The molecule has 0 aliphatic carbocycles. The summed E-state index contributed by atoms with van der Waals surface area (Å²) in [7, 11) is 0. The molecule has 1 aromatic heterocycles. The van der Waals surface area contributed by atoms with E-state index >= 15 is 0 Å². The van der Waals surface area contributed by atoms with Crippen molar-refractivity contribution in [2.75, 3.05) is 13.1 Å². The van der Waals surface area contributed by atoms with Gasteiger partial charge in [0, 0.05) is 31.8 Å². The molecule has 0 aromatic carbocycles. The normalized spacial score (nSPS) is 17.2. The van der Waals surface area contributed by atoms with Crippen LogP contribution in [0.15, 0.2) is 4.52 Å². The van der Waals surface area contributed by atoms with Crippen molar-refractivity contribution in [1.29, 1.82) is 0 Å². The molecule has 1 atom stereocenters. The van der Waals surface area contributed by atoms with Crippen LogP contribution in [0.3, 0.4) is 0 Å². The first kappa shape index (κ1) is 17.4. The minimum atomic E-state index is -0.331. The predicted molar refractivity (Wildman–Crippen MR) is 84.6 cm³/mol. The molecule has 2 rings (SSSR count). The molecule has 2 amide bonds. The molecule has 0 saturated carbocycles. The summed E-state index contributed by atoms with van der Waals surface area (Å²) in [4.78, 5) is 30.0. The number of amides is 2. The smallest absolute Gasteiger partial charge is 0.248 e. The van der Waals surface area contributed by atoms with Crippen molar-refractivity contribution >= 4 is 11.8 Å². The third kappa shape index (κ3) is 5.04. The maximum absolute atomic E-state index is 12.1. The first-order valence-electron chi connectivity index (χ1n) is 8.38.